The predicted molar refractivity (Wildman–Crippen MR) is 119 cm³/mol. The molecule has 6 heteroatoms. The van der Waals surface area contributed by atoms with Gasteiger partial charge in [-0.3, -0.25) is 4.79 Å². The third-order valence-electron chi connectivity index (χ3n) is 5.06. The number of halogens is 1. The Labute approximate surface area is 179 Å². The smallest absolute Gasteiger partial charge is 0.255 e. The van der Waals surface area contributed by atoms with Gasteiger partial charge in [-0.05, 0) is 48.0 Å². The van der Waals surface area contributed by atoms with E-state index in [4.69, 9.17) is 11.6 Å². The minimum Gasteiger partial charge on any atom is -0.394 e. The molecule has 152 valence electrons. The zero-order valence-corrected chi connectivity index (χ0v) is 16.8. The van der Waals surface area contributed by atoms with Gasteiger partial charge in [0.15, 0.2) is 0 Å². The number of hydrogen-bond acceptors (Lipinski definition) is 3. The number of benzene rings is 3. The van der Waals surface area contributed by atoms with Crippen molar-refractivity contribution in [3.8, 4) is 0 Å². The fraction of sp³-hybridized carbons (Fsp3) is 0.125. The first-order valence-corrected chi connectivity index (χ1v) is 9.96. The van der Waals surface area contributed by atoms with Crippen molar-refractivity contribution in [1.29, 1.82) is 0 Å². The molecule has 1 aromatic heterocycles. The van der Waals surface area contributed by atoms with Crippen LogP contribution in [0.5, 0.6) is 0 Å². The Bertz CT molecular complexity index is 1170. The Balaban J connectivity index is 1.65. The van der Waals surface area contributed by atoms with E-state index in [2.05, 4.69) is 5.32 Å². The normalized spacial score (nSPS) is 13.2. The summed E-state index contributed by atoms with van der Waals surface area (Å²) < 4.78 is 1.94. The average Bonchev–Trinajstić information content (AvgIpc) is 3.17. The lowest BCUT2D eigenvalue weighted by atomic mass is 10.0. The van der Waals surface area contributed by atoms with E-state index < -0.39 is 12.1 Å². The number of fused-ring (bicyclic) bond motifs is 1. The number of carbonyl (C=O) groups is 1. The molecule has 2 unspecified atom stereocenters. The lowest BCUT2D eigenvalue weighted by Gasteiger charge is -2.25. The molecule has 0 saturated carbocycles. The number of nitrogens with zero attached hydrogens (tertiary/aromatic N) is 1. The highest BCUT2D eigenvalue weighted by Crippen LogP contribution is 2.29. The van der Waals surface area contributed by atoms with Gasteiger partial charge in [0.25, 0.3) is 5.91 Å². The van der Waals surface area contributed by atoms with Crippen LogP contribution in [-0.4, -0.2) is 33.4 Å². The molecule has 0 fully saturated rings. The maximum Gasteiger partial charge on any atom is 0.255 e. The molecular formula is C24H21ClN2O3. The van der Waals surface area contributed by atoms with Crippen LogP contribution in [0, 0.1) is 0 Å². The summed E-state index contributed by atoms with van der Waals surface area (Å²) in [7, 11) is 0. The van der Waals surface area contributed by atoms with Crippen LogP contribution in [0.4, 0.5) is 5.69 Å². The molecule has 0 saturated heterocycles. The van der Waals surface area contributed by atoms with Crippen LogP contribution in [0.2, 0.25) is 5.02 Å². The molecule has 0 spiro atoms. The first-order chi connectivity index (χ1) is 14.6. The van der Waals surface area contributed by atoms with Crippen molar-refractivity contribution in [2.75, 3.05) is 11.9 Å². The topological polar surface area (TPSA) is 74.5 Å². The van der Waals surface area contributed by atoms with Gasteiger partial charge in [0.2, 0.25) is 0 Å². The molecule has 1 amide bonds. The fourth-order valence-corrected chi connectivity index (χ4v) is 3.83. The van der Waals surface area contributed by atoms with Crippen molar-refractivity contribution in [2.45, 2.75) is 12.1 Å². The highest BCUT2D eigenvalue weighted by molar-refractivity contribution is 6.31. The van der Waals surface area contributed by atoms with Gasteiger partial charge in [0.1, 0.15) is 6.10 Å². The molecule has 0 aliphatic rings. The van der Waals surface area contributed by atoms with Crippen LogP contribution >= 0.6 is 11.6 Å². The van der Waals surface area contributed by atoms with Crippen molar-refractivity contribution in [2.24, 2.45) is 0 Å². The summed E-state index contributed by atoms with van der Waals surface area (Å²) in [5, 5.41) is 24.4. The molecule has 5 nitrogen and oxygen atoms in total. The second-order valence-electron chi connectivity index (χ2n) is 7.07. The highest BCUT2D eigenvalue weighted by Gasteiger charge is 2.23. The number of nitrogens with one attached hydrogen (secondary N) is 1. The van der Waals surface area contributed by atoms with E-state index in [1.807, 2.05) is 65.4 Å². The molecule has 2 atom stereocenters. The van der Waals surface area contributed by atoms with Gasteiger partial charge in [-0.2, -0.15) is 0 Å². The molecule has 0 bridgehead atoms. The SMILES string of the molecule is O=C(Nc1ccc2c(ccn2C(c2ccccc2)C(O)CO)c1)c1cccc(Cl)c1. The lowest BCUT2D eigenvalue weighted by Crippen LogP contribution is -2.27. The Morgan fingerprint density at radius 3 is 2.53 bits per heavy atom. The molecule has 3 aromatic carbocycles. The van der Waals surface area contributed by atoms with E-state index in [1.165, 1.54) is 0 Å². The minimum absolute atomic E-state index is 0.242. The Hall–Kier alpha value is -3.12. The average molecular weight is 421 g/mol. The van der Waals surface area contributed by atoms with Crippen molar-refractivity contribution in [1.82, 2.24) is 4.57 Å². The number of aliphatic hydroxyl groups excluding tert-OH is 2. The van der Waals surface area contributed by atoms with Crippen LogP contribution in [0.25, 0.3) is 10.9 Å². The molecule has 4 aromatic rings. The molecule has 0 aliphatic carbocycles. The zero-order valence-electron chi connectivity index (χ0n) is 16.1. The summed E-state index contributed by atoms with van der Waals surface area (Å²) in [5.41, 5.74) is 2.92. The van der Waals surface area contributed by atoms with Gasteiger partial charge in [-0.1, -0.05) is 48.0 Å². The van der Waals surface area contributed by atoms with Crippen LogP contribution in [0.15, 0.2) is 85.1 Å². The molecule has 3 N–H and O–H groups in total. The van der Waals surface area contributed by atoms with Crippen LogP contribution in [0.3, 0.4) is 0 Å². The first kappa shape index (κ1) is 20.2. The summed E-state index contributed by atoms with van der Waals surface area (Å²) in [4.78, 5) is 12.5. The third kappa shape index (κ3) is 4.09. The van der Waals surface area contributed by atoms with E-state index in [1.54, 1.807) is 24.3 Å². The van der Waals surface area contributed by atoms with Crippen LogP contribution in [-0.2, 0) is 0 Å². The maximum atomic E-state index is 12.5. The van der Waals surface area contributed by atoms with E-state index in [0.717, 1.165) is 16.5 Å². The summed E-state index contributed by atoms with van der Waals surface area (Å²) in [6.45, 7) is -0.354. The number of anilines is 1. The number of carbonyl (C=O) groups excluding carboxylic acids is 1. The monoisotopic (exact) mass is 420 g/mol. The minimum atomic E-state index is -0.954. The van der Waals surface area contributed by atoms with Gasteiger partial charge in [-0.25, -0.2) is 0 Å². The van der Waals surface area contributed by atoms with Crippen LogP contribution in [0.1, 0.15) is 22.0 Å². The van der Waals surface area contributed by atoms with Gasteiger partial charge < -0.3 is 20.1 Å². The quantitative estimate of drug-likeness (QED) is 0.430. The maximum absolute atomic E-state index is 12.5. The number of amides is 1. The van der Waals surface area contributed by atoms with E-state index in [-0.39, 0.29) is 12.5 Å². The number of rotatable bonds is 6. The van der Waals surface area contributed by atoms with Gasteiger partial charge in [-0.15, -0.1) is 0 Å². The number of aromatic nitrogens is 1. The summed E-state index contributed by atoms with van der Waals surface area (Å²) in [6, 6.07) is 23.4. The van der Waals surface area contributed by atoms with Crippen molar-refractivity contribution < 1.29 is 15.0 Å². The van der Waals surface area contributed by atoms with E-state index in [0.29, 0.717) is 16.3 Å². The molecule has 1 heterocycles. The number of hydrogen-bond donors (Lipinski definition) is 3. The molecule has 30 heavy (non-hydrogen) atoms. The van der Waals surface area contributed by atoms with Crippen LogP contribution < -0.4 is 5.32 Å². The van der Waals surface area contributed by atoms with Crippen molar-refractivity contribution in [3.63, 3.8) is 0 Å². The second-order valence-corrected chi connectivity index (χ2v) is 7.50. The Kier molecular flexibility index (Phi) is 5.86. The predicted octanol–water partition coefficient (Wildman–Crippen LogP) is 4.49. The van der Waals surface area contributed by atoms with Crippen molar-refractivity contribution >= 4 is 34.1 Å². The summed E-state index contributed by atoms with van der Waals surface area (Å²) >= 11 is 5.97. The van der Waals surface area contributed by atoms with E-state index in [9.17, 15) is 15.0 Å². The van der Waals surface area contributed by atoms with E-state index >= 15 is 0 Å². The summed E-state index contributed by atoms with van der Waals surface area (Å²) in [6.07, 6.45) is 0.925. The Morgan fingerprint density at radius 1 is 1.00 bits per heavy atom. The largest absolute Gasteiger partial charge is 0.394 e. The summed E-state index contributed by atoms with van der Waals surface area (Å²) in [5.74, 6) is -0.242. The molecular weight excluding hydrogens is 400 g/mol. The molecule has 0 radical (unpaired) electrons. The second kappa shape index (κ2) is 8.71. The first-order valence-electron chi connectivity index (χ1n) is 9.58. The number of aliphatic hydroxyl groups is 2. The van der Waals surface area contributed by atoms with Gasteiger partial charge in [0, 0.05) is 33.4 Å². The Morgan fingerprint density at radius 2 is 1.80 bits per heavy atom. The molecule has 0 aliphatic heterocycles. The van der Waals surface area contributed by atoms with Crippen molar-refractivity contribution in [3.05, 3.63) is 101 Å². The van der Waals surface area contributed by atoms with Gasteiger partial charge >= 0.3 is 0 Å². The molecule has 4 rings (SSSR count). The fourth-order valence-electron chi connectivity index (χ4n) is 3.64. The van der Waals surface area contributed by atoms with Gasteiger partial charge in [0.05, 0.1) is 12.6 Å². The zero-order chi connectivity index (χ0) is 21.1. The highest BCUT2D eigenvalue weighted by atomic mass is 35.5. The third-order valence-corrected chi connectivity index (χ3v) is 5.29. The lowest BCUT2D eigenvalue weighted by molar-refractivity contribution is 0.0654. The standard InChI is InChI=1S/C24H21ClN2O3/c25-19-8-4-7-18(13-19)24(30)26-20-9-10-21-17(14-20)11-12-27(21)23(22(29)15-28)16-5-2-1-3-6-16/h1-14,22-23,28-29H,15H2,(H,26,30).